The van der Waals surface area contributed by atoms with Crippen LogP contribution in [0.5, 0.6) is 0 Å². The zero-order chi connectivity index (χ0) is 10.5. The summed E-state index contributed by atoms with van der Waals surface area (Å²) >= 11 is 0. The summed E-state index contributed by atoms with van der Waals surface area (Å²) in [4.78, 5) is 0. The van der Waals surface area contributed by atoms with Crippen molar-refractivity contribution in [2.75, 3.05) is 13.7 Å². The van der Waals surface area contributed by atoms with Gasteiger partial charge in [0.25, 0.3) is 6.43 Å². The molecule has 0 aromatic carbocycles. The van der Waals surface area contributed by atoms with Gasteiger partial charge in [0.15, 0.2) is 5.54 Å². The van der Waals surface area contributed by atoms with Crippen molar-refractivity contribution in [1.29, 1.82) is 5.26 Å². The van der Waals surface area contributed by atoms with Gasteiger partial charge in [-0.25, -0.2) is 8.78 Å². The molecule has 0 rings (SSSR count). The third-order valence-electron chi connectivity index (χ3n) is 1.49. The third kappa shape index (κ3) is 3.49. The van der Waals surface area contributed by atoms with Gasteiger partial charge < -0.3 is 10.5 Å². The maximum atomic E-state index is 12.3. The van der Waals surface area contributed by atoms with Gasteiger partial charge >= 0.3 is 0 Å². The number of nitriles is 1. The van der Waals surface area contributed by atoms with Crippen LogP contribution in [0, 0.1) is 11.3 Å². The third-order valence-corrected chi connectivity index (χ3v) is 1.49. The summed E-state index contributed by atoms with van der Waals surface area (Å²) in [5.74, 6) is 0. The quantitative estimate of drug-likeness (QED) is 0.659. The van der Waals surface area contributed by atoms with Crippen LogP contribution >= 0.6 is 0 Å². The Kier molecular flexibility index (Phi) is 4.52. The van der Waals surface area contributed by atoms with Crippen LogP contribution < -0.4 is 5.73 Å². The zero-order valence-electron chi connectivity index (χ0n) is 7.39. The molecule has 1 unspecified atom stereocenters. The fourth-order valence-corrected chi connectivity index (χ4v) is 0.834. The average molecular weight is 190 g/mol. The smallest absolute Gasteiger partial charge is 0.269 e. The molecule has 0 aromatic rings. The highest BCUT2D eigenvalue weighted by atomic mass is 19.3. The van der Waals surface area contributed by atoms with Gasteiger partial charge in [0.2, 0.25) is 0 Å². The second-order valence-corrected chi connectivity index (χ2v) is 2.81. The molecule has 3 nitrogen and oxygen atoms in total. The molecule has 0 saturated carbocycles. The molecule has 13 heavy (non-hydrogen) atoms. The molecule has 0 aliphatic carbocycles. The number of methoxy groups -OCH3 is 1. The minimum atomic E-state index is -2.88. The lowest BCUT2D eigenvalue weighted by Gasteiger charge is -2.20. The van der Waals surface area contributed by atoms with Gasteiger partial charge in [0.05, 0.1) is 12.7 Å². The molecule has 0 radical (unpaired) electrons. The lowest BCUT2D eigenvalue weighted by atomic mass is 9.95. The van der Waals surface area contributed by atoms with Gasteiger partial charge in [-0.3, -0.25) is 0 Å². The summed E-state index contributed by atoms with van der Waals surface area (Å²) < 4.78 is 29.2. The molecular formula is C8H12F2N2O. The average Bonchev–Trinajstić information content (AvgIpc) is 2.04. The second kappa shape index (κ2) is 4.90. The van der Waals surface area contributed by atoms with Crippen molar-refractivity contribution in [3.63, 3.8) is 0 Å². The number of hydrogen-bond donors (Lipinski definition) is 1. The van der Waals surface area contributed by atoms with E-state index in [4.69, 9.17) is 11.0 Å². The van der Waals surface area contributed by atoms with Gasteiger partial charge in [-0.2, -0.15) is 5.26 Å². The maximum absolute atomic E-state index is 12.3. The first kappa shape index (κ1) is 12.0. The molecule has 1 atom stereocenters. The van der Waals surface area contributed by atoms with Crippen molar-refractivity contribution in [1.82, 2.24) is 0 Å². The van der Waals surface area contributed by atoms with Gasteiger partial charge in [0, 0.05) is 13.5 Å². The molecule has 0 saturated heterocycles. The lowest BCUT2D eigenvalue weighted by molar-refractivity contribution is 0.0808. The van der Waals surface area contributed by atoms with Crippen LogP contribution in [0.2, 0.25) is 0 Å². The first-order valence-electron chi connectivity index (χ1n) is 3.60. The number of hydrogen-bond acceptors (Lipinski definition) is 3. The number of rotatable bonds is 5. The Bertz CT molecular complexity index is 225. The van der Waals surface area contributed by atoms with Gasteiger partial charge in [0.1, 0.15) is 0 Å². The van der Waals surface area contributed by atoms with E-state index >= 15 is 0 Å². The Morgan fingerprint density at radius 2 is 2.31 bits per heavy atom. The number of halogens is 2. The molecule has 0 bridgehead atoms. The largest absolute Gasteiger partial charge is 0.380 e. The van der Waals surface area contributed by atoms with Crippen LogP contribution in [0.25, 0.3) is 0 Å². The van der Waals surface area contributed by atoms with Crippen LogP contribution in [0.1, 0.15) is 6.42 Å². The molecule has 0 aliphatic heterocycles. The number of nitrogens with zero attached hydrogens (tertiary/aromatic N) is 1. The van der Waals surface area contributed by atoms with Crippen LogP contribution in [0.3, 0.4) is 0 Å². The minimum Gasteiger partial charge on any atom is -0.380 e. The standard InChI is InChI=1S/C8H12F2N2O/c1-6(4-13-2)3-8(12,5-11)7(9)10/h7H,1,3-4,12H2,2H3. The highest BCUT2D eigenvalue weighted by Crippen LogP contribution is 2.20. The molecule has 0 aromatic heterocycles. The Labute approximate surface area is 75.8 Å². The SMILES string of the molecule is C=C(COC)CC(N)(C#N)C(F)F. The molecular weight excluding hydrogens is 178 g/mol. The fourth-order valence-electron chi connectivity index (χ4n) is 0.834. The summed E-state index contributed by atoms with van der Waals surface area (Å²) in [6.07, 6.45) is -3.14. The van der Waals surface area contributed by atoms with E-state index in [0.717, 1.165) is 0 Å². The van der Waals surface area contributed by atoms with E-state index < -0.39 is 12.0 Å². The number of nitrogens with two attached hydrogens (primary N) is 1. The monoisotopic (exact) mass is 190 g/mol. The summed E-state index contributed by atoms with van der Waals surface area (Å²) in [6, 6.07) is 1.38. The predicted octanol–water partition coefficient (Wildman–Crippen LogP) is 1.07. The molecule has 5 heteroatoms. The molecule has 0 fully saturated rings. The summed E-state index contributed by atoms with van der Waals surface area (Å²) in [5, 5.41) is 8.44. The molecule has 0 heterocycles. The van der Waals surface area contributed by atoms with Gasteiger partial charge in [-0.05, 0) is 5.57 Å². The highest BCUT2D eigenvalue weighted by Gasteiger charge is 2.36. The Balaban J connectivity index is 4.30. The van der Waals surface area contributed by atoms with E-state index in [2.05, 4.69) is 11.3 Å². The topological polar surface area (TPSA) is 59.0 Å². The normalized spacial score (nSPS) is 15.1. The van der Waals surface area contributed by atoms with E-state index in [1.165, 1.54) is 13.2 Å². The first-order valence-corrected chi connectivity index (χ1v) is 3.60. The fraction of sp³-hybridized carbons (Fsp3) is 0.625. The van der Waals surface area contributed by atoms with E-state index in [-0.39, 0.29) is 13.0 Å². The van der Waals surface area contributed by atoms with Crippen molar-refractivity contribution in [2.45, 2.75) is 18.4 Å². The molecule has 0 spiro atoms. The van der Waals surface area contributed by atoms with E-state index in [1.807, 2.05) is 0 Å². The van der Waals surface area contributed by atoms with Crippen molar-refractivity contribution in [2.24, 2.45) is 5.73 Å². The van der Waals surface area contributed by atoms with E-state index in [1.54, 1.807) is 0 Å². The molecule has 2 N–H and O–H groups in total. The Morgan fingerprint density at radius 1 is 1.77 bits per heavy atom. The van der Waals surface area contributed by atoms with Gasteiger partial charge in [-0.1, -0.05) is 6.58 Å². The predicted molar refractivity (Wildman–Crippen MR) is 44.2 cm³/mol. The second-order valence-electron chi connectivity index (χ2n) is 2.81. The number of ether oxygens (including phenoxy) is 1. The molecule has 0 aliphatic rings. The van der Waals surface area contributed by atoms with Gasteiger partial charge in [-0.15, -0.1) is 0 Å². The van der Waals surface area contributed by atoms with Crippen LogP contribution in [-0.4, -0.2) is 25.7 Å². The van der Waals surface area contributed by atoms with Crippen molar-refractivity contribution >= 4 is 0 Å². The lowest BCUT2D eigenvalue weighted by Crippen LogP contribution is -2.46. The molecule has 0 amide bonds. The summed E-state index contributed by atoms with van der Waals surface area (Å²) in [6.45, 7) is 3.60. The zero-order valence-corrected chi connectivity index (χ0v) is 7.39. The van der Waals surface area contributed by atoms with Crippen molar-refractivity contribution < 1.29 is 13.5 Å². The van der Waals surface area contributed by atoms with Crippen molar-refractivity contribution in [3.8, 4) is 6.07 Å². The maximum Gasteiger partial charge on any atom is 0.269 e. The minimum absolute atomic E-state index is 0.132. The van der Waals surface area contributed by atoms with E-state index in [9.17, 15) is 8.78 Å². The highest BCUT2D eigenvalue weighted by molar-refractivity contribution is 5.15. The molecule has 74 valence electrons. The Morgan fingerprint density at radius 3 is 2.62 bits per heavy atom. The first-order chi connectivity index (χ1) is 5.96. The Hall–Kier alpha value is -0.990. The van der Waals surface area contributed by atoms with E-state index in [0.29, 0.717) is 5.57 Å². The van der Waals surface area contributed by atoms with Crippen LogP contribution in [0.4, 0.5) is 8.78 Å². The summed E-state index contributed by atoms with van der Waals surface area (Å²) in [7, 11) is 1.41. The number of alkyl halides is 2. The van der Waals surface area contributed by atoms with Crippen LogP contribution in [0.15, 0.2) is 12.2 Å². The summed E-state index contributed by atoms with van der Waals surface area (Å²) in [5.41, 5.74) is 3.38. The van der Waals surface area contributed by atoms with Crippen LogP contribution in [-0.2, 0) is 4.74 Å². The van der Waals surface area contributed by atoms with Crippen molar-refractivity contribution in [3.05, 3.63) is 12.2 Å².